The molecule has 3 atom stereocenters. The summed E-state index contributed by atoms with van der Waals surface area (Å²) >= 11 is 6.28. The summed E-state index contributed by atoms with van der Waals surface area (Å²) in [7, 11) is 0. The van der Waals surface area contributed by atoms with Crippen LogP contribution in [0.15, 0.2) is 48.5 Å². The van der Waals surface area contributed by atoms with E-state index in [9.17, 15) is 14.7 Å². The van der Waals surface area contributed by atoms with E-state index in [1.54, 1.807) is 23.1 Å². The Balaban J connectivity index is 1.78. The lowest BCUT2D eigenvalue weighted by Gasteiger charge is -2.35. The largest absolute Gasteiger partial charge is 0.375 e. The number of rotatable bonds is 3. The first kappa shape index (κ1) is 18.2. The minimum absolute atomic E-state index is 0.0293. The second kappa shape index (κ2) is 6.77. The lowest BCUT2D eigenvalue weighted by atomic mass is 9.70. The van der Waals surface area contributed by atoms with Crippen LogP contribution in [-0.2, 0) is 21.7 Å². The summed E-state index contributed by atoms with van der Waals surface area (Å²) < 4.78 is 0. The van der Waals surface area contributed by atoms with Crippen LogP contribution in [0.25, 0.3) is 0 Å². The average Bonchev–Trinajstić information content (AvgIpc) is 2.88. The number of nitrogens with zero attached hydrogens (tertiary/aromatic N) is 1. The molecule has 2 aromatic carbocycles. The smallest absolute Gasteiger partial charge is 0.264 e. The van der Waals surface area contributed by atoms with Gasteiger partial charge in [0.2, 0.25) is 0 Å². The third kappa shape index (κ3) is 2.88. The molecule has 2 aliphatic rings. The fraction of sp³-hybridized carbons (Fsp3) is 0.364. The fourth-order valence-corrected chi connectivity index (χ4v) is 4.57. The Morgan fingerprint density at radius 2 is 1.85 bits per heavy atom. The maximum absolute atomic E-state index is 13.4. The Kier molecular flexibility index (Phi) is 4.57. The number of Topliss-reactive ketones (excluding diaryl/α,β-unsaturated/α-hetero) is 1. The van der Waals surface area contributed by atoms with Crippen LogP contribution < -0.4 is 4.90 Å². The Morgan fingerprint density at radius 1 is 1.15 bits per heavy atom. The van der Waals surface area contributed by atoms with Crippen molar-refractivity contribution in [3.8, 4) is 0 Å². The summed E-state index contributed by atoms with van der Waals surface area (Å²) in [5, 5.41) is 12.2. The Labute approximate surface area is 163 Å². The maximum Gasteiger partial charge on any atom is 0.264 e. The quantitative estimate of drug-likeness (QED) is 0.868. The van der Waals surface area contributed by atoms with E-state index in [0.717, 1.165) is 12.0 Å². The van der Waals surface area contributed by atoms with Crippen molar-refractivity contribution in [1.29, 1.82) is 0 Å². The van der Waals surface area contributed by atoms with E-state index in [4.69, 9.17) is 11.6 Å². The minimum atomic E-state index is -1.80. The molecule has 1 aliphatic carbocycles. The zero-order chi connectivity index (χ0) is 19.2. The lowest BCUT2D eigenvalue weighted by Crippen LogP contribution is -2.50. The summed E-state index contributed by atoms with van der Waals surface area (Å²) in [6.45, 7) is 2.32. The van der Waals surface area contributed by atoms with Gasteiger partial charge in [-0.2, -0.15) is 0 Å². The third-order valence-corrected chi connectivity index (χ3v) is 6.25. The first-order valence-corrected chi connectivity index (χ1v) is 9.70. The molecule has 0 spiro atoms. The van der Waals surface area contributed by atoms with E-state index < -0.39 is 17.4 Å². The van der Waals surface area contributed by atoms with E-state index in [0.29, 0.717) is 35.0 Å². The van der Waals surface area contributed by atoms with Crippen molar-refractivity contribution >= 4 is 29.0 Å². The molecule has 1 amide bonds. The molecule has 0 unspecified atom stereocenters. The number of hydrogen-bond acceptors (Lipinski definition) is 3. The van der Waals surface area contributed by atoms with Crippen molar-refractivity contribution < 1.29 is 14.7 Å². The molecule has 1 N–H and O–H groups in total. The molecular weight excluding hydrogens is 362 g/mol. The highest BCUT2D eigenvalue weighted by molar-refractivity contribution is 6.31. The highest BCUT2D eigenvalue weighted by Crippen LogP contribution is 2.49. The van der Waals surface area contributed by atoms with Gasteiger partial charge in [-0.15, -0.1) is 0 Å². The predicted molar refractivity (Wildman–Crippen MR) is 104 cm³/mol. The van der Waals surface area contributed by atoms with Crippen LogP contribution in [0.4, 0.5) is 5.69 Å². The first-order valence-electron chi connectivity index (χ1n) is 9.33. The SMILES string of the molecule is C[C@@H]1CCC(=O)[C@H]([C@]2(O)C(=O)N(Cc3ccccc3Cl)c3ccccc32)C1. The number of para-hydroxylation sites is 1. The van der Waals surface area contributed by atoms with Gasteiger partial charge in [-0.1, -0.05) is 54.9 Å². The van der Waals surface area contributed by atoms with Crippen molar-refractivity contribution in [2.75, 3.05) is 4.90 Å². The van der Waals surface area contributed by atoms with Gasteiger partial charge >= 0.3 is 0 Å². The number of amides is 1. The van der Waals surface area contributed by atoms with Crippen molar-refractivity contribution in [2.45, 2.75) is 38.3 Å². The molecule has 4 rings (SSSR count). The second-order valence-corrected chi connectivity index (χ2v) is 8.07. The van der Waals surface area contributed by atoms with Gasteiger partial charge in [0.15, 0.2) is 5.60 Å². The summed E-state index contributed by atoms with van der Waals surface area (Å²) in [4.78, 5) is 27.6. The van der Waals surface area contributed by atoms with Crippen LogP contribution in [0, 0.1) is 11.8 Å². The average molecular weight is 384 g/mol. The standard InChI is InChI=1S/C22H22ClNO3/c1-14-10-11-20(25)17(12-14)22(27)16-7-3-5-9-19(16)24(21(22)26)13-15-6-2-4-8-18(15)23/h2-9,14,17,27H,10-13H2,1H3/t14-,17-,22+/m1/s1. The third-order valence-electron chi connectivity index (χ3n) is 5.88. The van der Waals surface area contributed by atoms with Crippen LogP contribution in [0.1, 0.15) is 37.3 Å². The van der Waals surface area contributed by atoms with Gasteiger partial charge in [0.25, 0.3) is 5.91 Å². The molecule has 0 saturated heterocycles. The van der Waals surface area contributed by atoms with Crippen molar-refractivity contribution in [1.82, 2.24) is 0 Å². The van der Waals surface area contributed by atoms with Crippen LogP contribution in [0.2, 0.25) is 5.02 Å². The topological polar surface area (TPSA) is 57.6 Å². The molecular formula is C22H22ClNO3. The second-order valence-electron chi connectivity index (χ2n) is 7.66. The monoisotopic (exact) mass is 383 g/mol. The molecule has 1 fully saturated rings. The number of halogens is 1. The predicted octanol–water partition coefficient (Wildman–Crippen LogP) is 4.08. The van der Waals surface area contributed by atoms with E-state index in [1.807, 2.05) is 30.3 Å². The molecule has 1 aliphatic heterocycles. The number of carbonyl (C=O) groups excluding carboxylic acids is 2. The Hall–Kier alpha value is -2.17. The van der Waals surface area contributed by atoms with E-state index in [-0.39, 0.29) is 12.3 Å². The number of anilines is 1. The molecule has 0 bridgehead atoms. The van der Waals surface area contributed by atoms with E-state index in [2.05, 4.69) is 6.92 Å². The summed E-state index contributed by atoms with van der Waals surface area (Å²) in [6.07, 6.45) is 1.74. The molecule has 27 heavy (non-hydrogen) atoms. The maximum atomic E-state index is 13.4. The zero-order valence-corrected chi connectivity index (χ0v) is 15.9. The molecule has 2 aromatic rings. The van der Waals surface area contributed by atoms with Crippen LogP contribution in [-0.4, -0.2) is 16.8 Å². The van der Waals surface area contributed by atoms with Gasteiger partial charge in [-0.3, -0.25) is 9.59 Å². The van der Waals surface area contributed by atoms with Gasteiger partial charge in [0.1, 0.15) is 5.78 Å². The normalized spacial score (nSPS) is 27.7. The number of aliphatic hydroxyl groups is 1. The number of ketones is 1. The molecule has 1 saturated carbocycles. The number of hydrogen-bond donors (Lipinski definition) is 1. The van der Waals surface area contributed by atoms with Gasteiger partial charge in [-0.05, 0) is 36.5 Å². The highest BCUT2D eigenvalue weighted by atomic mass is 35.5. The van der Waals surface area contributed by atoms with Crippen LogP contribution in [0.5, 0.6) is 0 Å². The molecule has 5 heteroatoms. The van der Waals surface area contributed by atoms with Gasteiger partial charge < -0.3 is 10.0 Å². The first-order chi connectivity index (χ1) is 12.9. The van der Waals surface area contributed by atoms with Crippen molar-refractivity contribution in [3.63, 3.8) is 0 Å². The molecule has 4 nitrogen and oxygen atoms in total. The van der Waals surface area contributed by atoms with Crippen LogP contribution >= 0.6 is 11.6 Å². The highest BCUT2D eigenvalue weighted by Gasteiger charge is 2.57. The fourth-order valence-electron chi connectivity index (χ4n) is 4.37. The summed E-state index contributed by atoms with van der Waals surface area (Å²) in [5.74, 6) is -0.866. The molecule has 0 aromatic heterocycles. The van der Waals surface area contributed by atoms with Gasteiger partial charge in [0, 0.05) is 17.0 Å². The summed E-state index contributed by atoms with van der Waals surface area (Å²) in [6, 6.07) is 14.6. The summed E-state index contributed by atoms with van der Waals surface area (Å²) in [5.41, 5.74) is 0.171. The van der Waals surface area contributed by atoms with Crippen LogP contribution in [0.3, 0.4) is 0 Å². The van der Waals surface area contributed by atoms with E-state index in [1.165, 1.54) is 0 Å². The molecule has 1 heterocycles. The molecule has 0 radical (unpaired) electrons. The van der Waals surface area contributed by atoms with Gasteiger partial charge in [-0.25, -0.2) is 0 Å². The molecule has 140 valence electrons. The minimum Gasteiger partial charge on any atom is -0.375 e. The number of carbonyl (C=O) groups is 2. The number of fused-ring (bicyclic) bond motifs is 1. The number of benzene rings is 2. The van der Waals surface area contributed by atoms with Gasteiger partial charge in [0.05, 0.1) is 18.2 Å². The van der Waals surface area contributed by atoms with E-state index >= 15 is 0 Å². The zero-order valence-electron chi connectivity index (χ0n) is 15.2. The lowest BCUT2D eigenvalue weighted by molar-refractivity contribution is -0.153. The Morgan fingerprint density at radius 3 is 2.63 bits per heavy atom. The van der Waals surface area contributed by atoms with Crippen molar-refractivity contribution in [2.24, 2.45) is 11.8 Å². The van der Waals surface area contributed by atoms with Crippen molar-refractivity contribution in [3.05, 3.63) is 64.7 Å². The Bertz CT molecular complexity index is 912.